The average Bonchev–Trinajstić information content (AvgIpc) is 3.36. The van der Waals surface area contributed by atoms with Gasteiger partial charge < -0.3 is 14.5 Å². The van der Waals surface area contributed by atoms with Gasteiger partial charge in [-0.15, -0.1) is 22.7 Å². The molecular weight excluding hydrogens is 440 g/mol. The molecule has 32 heavy (non-hydrogen) atoms. The maximum absolute atomic E-state index is 12.9. The van der Waals surface area contributed by atoms with Crippen molar-refractivity contribution in [3.05, 3.63) is 52.3 Å². The van der Waals surface area contributed by atoms with Crippen molar-refractivity contribution in [3.8, 4) is 11.8 Å². The normalized spacial score (nSPS) is 14.5. The van der Waals surface area contributed by atoms with Crippen LogP contribution in [0.5, 0.6) is 5.75 Å². The van der Waals surface area contributed by atoms with Crippen molar-refractivity contribution < 1.29 is 9.53 Å². The number of benzene rings is 2. The van der Waals surface area contributed by atoms with Gasteiger partial charge in [-0.2, -0.15) is 5.26 Å². The van der Waals surface area contributed by atoms with E-state index in [0.29, 0.717) is 12.1 Å². The number of rotatable bonds is 4. The van der Waals surface area contributed by atoms with E-state index < -0.39 is 0 Å². The van der Waals surface area contributed by atoms with Gasteiger partial charge >= 0.3 is 0 Å². The molecule has 3 heterocycles. The van der Waals surface area contributed by atoms with Crippen LogP contribution in [0.3, 0.4) is 0 Å². The van der Waals surface area contributed by atoms with E-state index in [0.717, 1.165) is 62.8 Å². The molecule has 0 radical (unpaired) electrons. The molecule has 1 saturated heterocycles. The molecule has 0 unspecified atom stereocenters. The lowest BCUT2D eigenvalue weighted by molar-refractivity contribution is -0.133. The second-order valence-electron chi connectivity index (χ2n) is 7.79. The Kier molecular flexibility index (Phi) is 5.68. The zero-order chi connectivity index (χ0) is 22.1. The summed E-state index contributed by atoms with van der Waals surface area (Å²) in [6.45, 7) is 5.06. The lowest BCUT2D eigenvalue weighted by atomic mass is 10.2. The Morgan fingerprint density at radius 2 is 2.03 bits per heavy atom. The van der Waals surface area contributed by atoms with Crippen molar-refractivity contribution in [2.45, 2.75) is 13.3 Å². The standard InChI is InChI=1S/C24H22N4O2S2/c1-16-26-23-21(32-16)13-20(19-7-12-31-24(19)23)30-15-22(29)28-9-2-8-27(10-11-28)18-5-3-17(14-25)4-6-18/h3-7,12-13H,2,8-11,15H2,1H3. The highest BCUT2D eigenvalue weighted by Gasteiger charge is 2.21. The maximum atomic E-state index is 12.9. The van der Waals surface area contributed by atoms with E-state index in [1.54, 1.807) is 22.7 Å². The van der Waals surface area contributed by atoms with Gasteiger partial charge in [-0.1, -0.05) is 0 Å². The number of anilines is 1. The number of hydrogen-bond donors (Lipinski definition) is 0. The van der Waals surface area contributed by atoms with Gasteiger partial charge in [0.25, 0.3) is 5.91 Å². The van der Waals surface area contributed by atoms with Crippen molar-refractivity contribution in [2.24, 2.45) is 0 Å². The summed E-state index contributed by atoms with van der Waals surface area (Å²) < 4.78 is 8.24. The van der Waals surface area contributed by atoms with Crippen molar-refractivity contribution in [1.82, 2.24) is 9.88 Å². The minimum Gasteiger partial charge on any atom is -0.483 e. The first-order valence-electron chi connectivity index (χ1n) is 10.6. The molecule has 0 spiro atoms. The van der Waals surface area contributed by atoms with Crippen molar-refractivity contribution in [2.75, 3.05) is 37.7 Å². The predicted molar refractivity (Wildman–Crippen MR) is 130 cm³/mol. The van der Waals surface area contributed by atoms with Crippen LogP contribution in [0.4, 0.5) is 5.69 Å². The highest BCUT2D eigenvalue weighted by Crippen LogP contribution is 2.38. The first kappa shape index (κ1) is 20.7. The first-order valence-corrected chi connectivity index (χ1v) is 12.2. The SMILES string of the molecule is Cc1nc2c(cc(OCC(=O)N3CCCN(c4ccc(C#N)cc4)CC3)c3ccsc32)s1. The Morgan fingerprint density at radius 1 is 1.19 bits per heavy atom. The van der Waals surface area contributed by atoms with E-state index in [1.807, 2.05) is 53.6 Å². The number of thiophene rings is 1. The van der Waals surface area contributed by atoms with Gasteiger partial charge in [-0.3, -0.25) is 4.79 Å². The van der Waals surface area contributed by atoms with E-state index in [2.05, 4.69) is 16.0 Å². The summed E-state index contributed by atoms with van der Waals surface area (Å²) in [6, 6.07) is 13.8. The number of fused-ring (bicyclic) bond motifs is 3. The molecule has 5 rings (SSSR count). The van der Waals surface area contributed by atoms with Crippen LogP contribution < -0.4 is 9.64 Å². The van der Waals surface area contributed by atoms with E-state index in [1.165, 1.54) is 0 Å². The van der Waals surface area contributed by atoms with Crippen molar-refractivity contribution >= 4 is 54.6 Å². The molecule has 0 N–H and O–H groups in total. The Labute approximate surface area is 194 Å². The Bertz CT molecular complexity index is 1320. The summed E-state index contributed by atoms with van der Waals surface area (Å²) in [5.41, 5.74) is 2.76. The van der Waals surface area contributed by atoms with Gasteiger partial charge in [-0.25, -0.2) is 4.98 Å². The maximum Gasteiger partial charge on any atom is 0.260 e. The molecule has 8 heteroatoms. The molecule has 1 aliphatic rings. The Balaban J connectivity index is 1.25. The van der Waals surface area contributed by atoms with Gasteiger partial charge in [0.2, 0.25) is 0 Å². The van der Waals surface area contributed by atoms with Crippen LogP contribution in [-0.4, -0.2) is 48.6 Å². The largest absolute Gasteiger partial charge is 0.483 e. The van der Waals surface area contributed by atoms with Crippen LogP contribution >= 0.6 is 22.7 Å². The number of aryl methyl sites for hydroxylation is 1. The van der Waals surface area contributed by atoms with E-state index in [4.69, 9.17) is 10.00 Å². The Hall–Kier alpha value is -3.15. The summed E-state index contributed by atoms with van der Waals surface area (Å²) in [5, 5.41) is 13.1. The fraction of sp³-hybridized carbons (Fsp3) is 0.292. The first-order chi connectivity index (χ1) is 15.6. The van der Waals surface area contributed by atoms with Crippen LogP contribution in [0, 0.1) is 18.3 Å². The minimum atomic E-state index is 0.00985. The molecule has 6 nitrogen and oxygen atoms in total. The monoisotopic (exact) mass is 462 g/mol. The molecule has 1 amide bonds. The summed E-state index contributed by atoms with van der Waals surface area (Å²) in [4.78, 5) is 21.7. The second kappa shape index (κ2) is 8.77. The number of amides is 1. The third-order valence-corrected chi connectivity index (χ3v) is 7.57. The van der Waals surface area contributed by atoms with Gasteiger partial charge in [0.05, 0.1) is 31.6 Å². The number of carbonyl (C=O) groups excluding carboxylic acids is 1. The second-order valence-corrected chi connectivity index (χ2v) is 9.94. The molecule has 0 bridgehead atoms. The third kappa shape index (κ3) is 4.01. The molecular formula is C24H22N4O2S2. The lowest BCUT2D eigenvalue weighted by Crippen LogP contribution is -2.38. The predicted octanol–water partition coefficient (Wildman–Crippen LogP) is 4.81. The van der Waals surface area contributed by atoms with E-state index >= 15 is 0 Å². The summed E-state index contributed by atoms with van der Waals surface area (Å²) in [5.74, 6) is 0.760. The van der Waals surface area contributed by atoms with Gasteiger partial charge in [0.1, 0.15) is 5.75 Å². The number of aromatic nitrogens is 1. The van der Waals surface area contributed by atoms with Crippen LogP contribution in [0.15, 0.2) is 41.8 Å². The van der Waals surface area contributed by atoms with E-state index in [-0.39, 0.29) is 12.5 Å². The molecule has 1 aliphatic heterocycles. The molecule has 2 aromatic heterocycles. The highest BCUT2D eigenvalue weighted by atomic mass is 32.1. The summed E-state index contributed by atoms with van der Waals surface area (Å²) >= 11 is 3.30. The Morgan fingerprint density at radius 3 is 2.84 bits per heavy atom. The topological polar surface area (TPSA) is 69.5 Å². The molecule has 162 valence electrons. The summed E-state index contributed by atoms with van der Waals surface area (Å²) in [6.07, 6.45) is 0.895. The zero-order valence-electron chi connectivity index (χ0n) is 17.7. The van der Waals surface area contributed by atoms with Crippen molar-refractivity contribution in [3.63, 3.8) is 0 Å². The summed E-state index contributed by atoms with van der Waals surface area (Å²) in [7, 11) is 0. The third-order valence-electron chi connectivity index (χ3n) is 5.73. The molecule has 0 atom stereocenters. The van der Waals surface area contributed by atoms with Crippen molar-refractivity contribution in [1.29, 1.82) is 5.26 Å². The number of carbonyl (C=O) groups is 1. The smallest absolute Gasteiger partial charge is 0.260 e. The molecule has 4 aromatic rings. The number of nitriles is 1. The highest BCUT2D eigenvalue weighted by molar-refractivity contribution is 7.21. The van der Waals surface area contributed by atoms with Crippen LogP contribution in [-0.2, 0) is 4.79 Å². The van der Waals surface area contributed by atoms with E-state index in [9.17, 15) is 4.79 Å². The fourth-order valence-corrected chi connectivity index (χ4v) is 5.94. The van der Waals surface area contributed by atoms with Crippen LogP contribution in [0.25, 0.3) is 20.3 Å². The fourth-order valence-electron chi connectivity index (χ4n) is 4.11. The molecule has 1 fully saturated rings. The number of nitrogens with zero attached hydrogens (tertiary/aromatic N) is 4. The van der Waals surface area contributed by atoms with Crippen LogP contribution in [0.1, 0.15) is 17.0 Å². The number of hydrogen-bond acceptors (Lipinski definition) is 7. The average molecular weight is 463 g/mol. The van der Waals surface area contributed by atoms with Gasteiger partial charge in [0.15, 0.2) is 6.61 Å². The zero-order valence-corrected chi connectivity index (χ0v) is 19.3. The lowest BCUT2D eigenvalue weighted by Gasteiger charge is -2.24. The van der Waals surface area contributed by atoms with Gasteiger partial charge in [0, 0.05) is 43.3 Å². The van der Waals surface area contributed by atoms with Gasteiger partial charge in [-0.05, 0) is 49.1 Å². The number of thiazole rings is 1. The number of ether oxygens (including phenoxy) is 1. The minimum absolute atomic E-state index is 0.00985. The molecule has 0 aliphatic carbocycles. The molecule has 2 aromatic carbocycles. The molecule has 0 saturated carbocycles. The quantitative estimate of drug-likeness (QED) is 0.435. The van der Waals surface area contributed by atoms with Crippen LogP contribution in [0.2, 0.25) is 0 Å².